The summed E-state index contributed by atoms with van der Waals surface area (Å²) in [7, 11) is -2.08. The second kappa shape index (κ2) is 7.02. The van der Waals surface area contributed by atoms with E-state index in [4.69, 9.17) is 4.74 Å². The normalized spacial score (nSPS) is 11.6. The summed E-state index contributed by atoms with van der Waals surface area (Å²) in [5.74, 6) is -0.338. The minimum atomic E-state index is -3.54. The maximum Gasteiger partial charge on any atom is 0.305 e. The largest absolute Gasteiger partial charge is 0.464 e. The van der Waals surface area contributed by atoms with Crippen molar-refractivity contribution in [3.05, 3.63) is 28.7 Å². The van der Waals surface area contributed by atoms with Gasteiger partial charge in [-0.1, -0.05) is 22.9 Å². The molecular formula is C12H16BrNO4S. The Kier molecular flexibility index (Phi) is 5.96. The van der Waals surface area contributed by atoms with Gasteiger partial charge in [0.05, 0.1) is 4.90 Å². The molecule has 0 spiro atoms. The number of halogens is 1. The predicted octanol–water partition coefficient (Wildman–Crippen LogP) is 2.02. The maximum absolute atomic E-state index is 12.2. The van der Waals surface area contributed by atoms with Crippen LogP contribution in [0.1, 0.15) is 13.3 Å². The summed E-state index contributed by atoms with van der Waals surface area (Å²) in [5.41, 5.74) is 0. The summed E-state index contributed by atoms with van der Waals surface area (Å²) in [6, 6.07) is 6.37. The Labute approximate surface area is 121 Å². The first-order valence-corrected chi connectivity index (χ1v) is 7.98. The van der Waals surface area contributed by atoms with Crippen LogP contribution in [-0.4, -0.2) is 38.9 Å². The van der Waals surface area contributed by atoms with Crippen LogP contribution in [0.2, 0.25) is 0 Å². The summed E-state index contributed by atoms with van der Waals surface area (Å²) < 4.78 is 31.2. The third-order valence-corrected chi connectivity index (χ3v) is 4.88. The van der Waals surface area contributed by atoms with Crippen molar-refractivity contribution in [2.75, 3.05) is 20.2 Å². The monoisotopic (exact) mass is 349 g/mol. The van der Waals surface area contributed by atoms with E-state index in [1.165, 1.54) is 23.5 Å². The van der Waals surface area contributed by atoms with Crippen molar-refractivity contribution >= 4 is 31.9 Å². The molecule has 0 bridgehead atoms. The van der Waals surface area contributed by atoms with Crippen LogP contribution in [0.5, 0.6) is 0 Å². The van der Waals surface area contributed by atoms with Crippen LogP contribution < -0.4 is 0 Å². The Hall–Kier alpha value is -0.920. The molecule has 0 heterocycles. The molecule has 0 aliphatic carbocycles. The van der Waals surface area contributed by atoms with Gasteiger partial charge < -0.3 is 4.74 Å². The Morgan fingerprint density at radius 2 is 1.89 bits per heavy atom. The van der Waals surface area contributed by atoms with Crippen LogP contribution in [0.4, 0.5) is 0 Å². The van der Waals surface area contributed by atoms with Crippen LogP contribution in [0.25, 0.3) is 0 Å². The molecule has 0 aromatic heterocycles. The third kappa shape index (κ3) is 4.59. The lowest BCUT2D eigenvalue weighted by Crippen LogP contribution is -2.30. The summed E-state index contributed by atoms with van der Waals surface area (Å²) in [4.78, 5) is 11.2. The Balaban J connectivity index is 2.67. The number of rotatable bonds is 6. The van der Waals surface area contributed by atoms with Crippen molar-refractivity contribution in [2.45, 2.75) is 18.2 Å². The van der Waals surface area contributed by atoms with Gasteiger partial charge in [0.2, 0.25) is 10.0 Å². The summed E-state index contributed by atoms with van der Waals surface area (Å²) in [5, 5.41) is 0. The van der Waals surface area contributed by atoms with E-state index in [-0.39, 0.29) is 30.4 Å². The number of nitrogens with zero attached hydrogens (tertiary/aromatic N) is 1. The van der Waals surface area contributed by atoms with E-state index in [0.717, 1.165) is 4.47 Å². The number of benzene rings is 1. The number of hydrogen-bond donors (Lipinski definition) is 0. The highest BCUT2D eigenvalue weighted by molar-refractivity contribution is 9.10. The van der Waals surface area contributed by atoms with Gasteiger partial charge in [-0.25, -0.2) is 8.42 Å². The molecule has 0 atom stereocenters. The molecule has 7 heteroatoms. The standard InChI is InChI=1S/C12H16BrNO4S/c1-3-12(15)18-9-8-14(2)19(16,17)11-6-4-10(13)5-7-11/h4-7H,3,8-9H2,1-2H3. The number of carbonyl (C=O) groups excluding carboxylic acids is 1. The molecule has 0 unspecified atom stereocenters. The Morgan fingerprint density at radius 3 is 2.42 bits per heavy atom. The number of esters is 1. The van der Waals surface area contributed by atoms with E-state index in [9.17, 15) is 13.2 Å². The van der Waals surface area contributed by atoms with Crippen molar-refractivity contribution < 1.29 is 17.9 Å². The maximum atomic E-state index is 12.2. The van der Waals surface area contributed by atoms with E-state index in [1.54, 1.807) is 19.1 Å². The van der Waals surface area contributed by atoms with Crippen LogP contribution in [0, 0.1) is 0 Å². The van der Waals surface area contributed by atoms with E-state index in [0.29, 0.717) is 0 Å². The van der Waals surface area contributed by atoms with Crippen LogP contribution >= 0.6 is 15.9 Å². The van der Waals surface area contributed by atoms with Crippen LogP contribution in [0.3, 0.4) is 0 Å². The molecule has 0 N–H and O–H groups in total. The van der Waals surface area contributed by atoms with E-state index in [1.807, 2.05) is 0 Å². The molecule has 106 valence electrons. The van der Waals surface area contributed by atoms with Gasteiger partial charge in [-0.05, 0) is 24.3 Å². The molecule has 1 aromatic carbocycles. The lowest BCUT2D eigenvalue weighted by Gasteiger charge is -2.17. The zero-order valence-corrected chi connectivity index (χ0v) is 13.2. The SMILES string of the molecule is CCC(=O)OCCN(C)S(=O)(=O)c1ccc(Br)cc1. The Bertz CT molecular complexity index is 527. The first-order chi connectivity index (χ1) is 8.87. The minimum Gasteiger partial charge on any atom is -0.464 e. The molecule has 0 amide bonds. The fourth-order valence-electron chi connectivity index (χ4n) is 1.30. The fourth-order valence-corrected chi connectivity index (χ4v) is 2.72. The molecule has 1 rings (SSSR count). The van der Waals surface area contributed by atoms with Gasteiger partial charge in [0, 0.05) is 24.5 Å². The van der Waals surface area contributed by atoms with Gasteiger partial charge in [0.15, 0.2) is 0 Å². The molecule has 1 aromatic rings. The molecular weight excluding hydrogens is 334 g/mol. The minimum absolute atomic E-state index is 0.0545. The lowest BCUT2D eigenvalue weighted by molar-refractivity contribution is -0.143. The molecule has 0 aliphatic heterocycles. The number of carbonyl (C=O) groups is 1. The molecule has 0 saturated carbocycles. The second-order valence-electron chi connectivity index (χ2n) is 3.85. The first-order valence-electron chi connectivity index (χ1n) is 5.75. The highest BCUT2D eigenvalue weighted by Crippen LogP contribution is 2.17. The van der Waals surface area contributed by atoms with Crippen molar-refractivity contribution in [1.29, 1.82) is 0 Å². The van der Waals surface area contributed by atoms with Gasteiger partial charge in [0.1, 0.15) is 6.61 Å². The van der Waals surface area contributed by atoms with E-state index >= 15 is 0 Å². The quantitative estimate of drug-likeness (QED) is 0.737. The zero-order valence-electron chi connectivity index (χ0n) is 10.8. The molecule has 0 radical (unpaired) electrons. The summed E-state index contributed by atoms with van der Waals surface area (Å²) in [6.45, 7) is 1.87. The molecule has 0 fully saturated rings. The van der Waals surface area contributed by atoms with Crippen molar-refractivity contribution in [3.63, 3.8) is 0 Å². The number of likely N-dealkylation sites (N-methyl/N-ethyl adjacent to an activating group) is 1. The van der Waals surface area contributed by atoms with Crippen LogP contribution in [0.15, 0.2) is 33.6 Å². The topological polar surface area (TPSA) is 63.7 Å². The van der Waals surface area contributed by atoms with Gasteiger partial charge in [0.25, 0.3) is 0 Å². The molecule has 0 aliphatic rings. The van der Waals surface area contributed by atoms with Gasteiger partial charge in [-0.2, -0.15) is 4.31 Å². The van der Waals surface area contributed by atoms with Crippen molar-refractivity contribution in [2.24, 2.45) is 0 Å². The predicted molar refractivity (Wildman–Crippen MR) is 75.2 cm³/mol. The molecule has 19 heavy (non-hydrogen) atoms. The van der Waals surface area contributed by atoms with Gasteiger partial charge in [-0.15, -0.1) is 0 Å². The second-order valence-corrected chi connectivity index (χ2v) is 6.82. The third-order valence-electron chi connectivity index (χ3n) is 2.48. The number of hydrogen-bond acceptors (Lipinski definition) is 4. The number of sulfonamides is 1. The molecule has 5 nitrogen and oxygen atoms in total. The van der Waals surface area contributed by atoms with Crippen LogP contribution in [-0.2, 0) is 19.6 Å². The average molecular weight is 350 g/mol. The first kappa shape index (κ1) is 16.1. The highest BCUT2D eigenvalue weighted by Gasteiger charge is 2.20. The number of ether oxygens (including phenoxy) is 1. The van der Waals surface area contributed by atoms with E-state index < -0.39 is 10.0 Å². The smallest absolute Gasteiger partial charge is 0.305 e. The average Bonchev–Trinajstić information content (AvgIpc) is 2.38. The fraction of sp³-hybridized carbons (Fsp3) is 0.417. The molecule has 0 saturated heterocycles. The zero-order chi connectivity index (χ0) is 14.5. The summed E-state index contributed by atoms with van der Waals surface area (Å²) in [6.07, 6.45) is 0.281. The van der Waals surface area contributed by atoms with Gasteiger partial charge in [-0.3, -0.25) is 4.79 Å². The Morgan fingerprint density at radius 1 is 1.32 bits per heavy atom. The van der Waals surface area contributed by atoms with Gasteiger partial charge >= 0.3 is 5.97 Å². The van der Waals surface area contributed by atoms with E-state index in [2.05, 4.69) is 15.9 Å². The summed E-state index contributed by atoms with van der Waals surface area (Å²) >= 11 is 3.25. The van der Waals surface area contributed by atoms with Crippen molar-refractivity contribution in [3.8, 4) is 0 Å². The lowest BCUT2D eigenvalue weighted by atomic mass is 10.4. The highest BCUT2D eigenvalue weighted by atomic mass is 79.9. The van der Waals surface area contributed by atoms with Crippen molar-refractivity contribution in [1.82, 2.24) is 4.31 Å².